The van der Waals surface area contributed by atoms with E-state index in [4.69, 9.17) is 9.31 Å². The van der Waals surface area contributed by atoms with Gasteiger partial charge in [0.2, 0.25) is 5.91 Å². The molecule has 0 bridgehead atoms. The van der Waals surface area contributed by atoms with Gasteiger partial charge in [-0.15, -0.1) is 0 Å². The molecule has 0 atom stereocenters. The van der Waals surface area contributed by atoms with E-state index in [1.165, 1.54) is 13.3 Å². The van der Waals surface area contributed by atoms with E-state index in [1.807, 2.05) is 33.8 Å². The highest BCUT2D eigenvalue weighted by atomic mass is 16.7. The van der Waals surface area contributed by atoms with Crippen molar-refractivity contribution in [3.8, 4) is 0 Å². The molecule has 1 fully saturated rings. The van der Waals surface area contributed by atoms with E-state index >= 15 is 0 Å². The first-order chi connectivity index (χ1) is 11.7. The summed E-state index contributed by atoms with van der Waals surface area (Å²) in [7, 11) is -0.579. The molecular formula is C16H22BN5O3. The molecule has 2 aromatic rings. The molecule has 0 saturated carbocycles. The van der Waals surface area contributed by atoms with E-state index in [0.717, 1.165) is 11.0 Å². The number of hydrogen-bond donors (Lipinski definition) is 2. The van der Waals surface area contributed by atoms with Gasteiger partial charge in [-0.1, -0.05) is 0 Å². The summed E-state index contributed by atoms with van der Waals surface area (Å²) in [5, 5.41) is 2.80. The van der Waals surface area contributed by atoms with Crippen LogP contribution in [0.25, 0.3) is 17.2 Å². The summed E-state index contributed by atoms with van der Waals surface area (Å²) >= 11 is 0. The van der Waals surface area contributed by atoms with Crippen molar-refractivity contribution in [2.24, 2.45) is 0 Å². The average Bonchev–Trinajstić information content (AvgIpc) is 3.06. The summed E-state index contributed by atoms with van der Waals surface area (Å²) < 4.78 is 12.2. The molecular weight excluding hydrogens is 321 g/mol. The van der Waals surface area contributed by atoms with Gasteiger partial charge in [-0.3, -0.25) is 4.79 Å². The first-order valence-electron chi connectivity index (χ1n) is 8.14. The molecule has 1 saturated heterocycles. The third-order valence-electron chi connectivity index (χ3n) is 4.67. The molecule has 0 radical (unpaired) electrons. The second-order valence-electron chi connectivity index (χ2n) is 7.08. The van der Waals surface area contributed by atoms with Crippen LogP contribution in [0.4, 0.5) is 0 Å². The molecule has 9 heteroatoms. The van der Waals surface area contributed by atoms with Crippen LogP contribution in [0.15, 0.2) is 18.1 Å². The maximum absolute atomic E-state index is 11.4. The quantitative estimate of drug-likeness (QED) is 0.816. The molecule has 2 N–H and O–H groups in total. The Labute approximate surface area is 146 Å². The Morgan fingerprint density at radius 2 is 1.92 bits per heavy atom. The molecule has 0 aromatic carbocycles. The Balaban J connectivity index is 1.98. The zero-order chi connectivity index (χ0) is 18.2. The van der Waals surface area contributed by atoms with Crippen molar-refractivity contribution < 1.29 is 14.1 Å². The molecule has 0 aliphatic carbocycles. The van der Waals surface area contributed by atoms with Crippen LogP contribution >= 0.6 is 0 Å². The number of aromatic nitrogens is 4. The monoisotopic (exact) mass is 343 g/mol. The number of nitrogens with one attached hydrogen (secondary N) is 2. The molecule has 1 aliphatic heterocycles. The van der Waals surface area contributed by atoms with Crippen molar-refractivity contribution in [3.05, 3.63) is 23.8 Å². The van der Waals surface area contributed by atoms with Crippen LogP contribution in [-0.2, 0) is 14.1 Å². The average molecular weight is 343 g/mol. The predicted octanol–water partition coefficient (Wildman–Crippen LogP) is 1.50. The Kier molecular flexibility index (Phi) is 4.38. The lowest BCUT2D eigenvalue weighted by Crippen LogP contribution is -2.41. The third kappa shape index (κ3) is 3.43. The van der Waals surface area contributed by atoms with Gasteiger partial charge in [-0.2, -0.15) is 0 Å². The number of imidazole rings is 1. The minimum absolute atomic E-state index is 0.128. The van der Waals surface area contributed by atoms with Crippen LogP contribution in [0.3, 0.4) is 0 Å². The van der Waals surface area contributed by atoms with Crippen LogP contribution in [0.5, 0.6) is 0 Å². The number of amides is 1. The zero-order valence-corrected chi connectivity index (χ0v) is 15.1. The smallest absolute Gasteiger partial charge is 0.400 e. The van der Waals surface area contributed by atoms with Crippen LogP contribution in [0, 0.1) is 0 Å². The second-order valence-corrected chi connectivity index (χ2v) is 7.08. The Morgan fingerprint density at radius 1 is 1.24 bits per heavy atom. The van der Waals surface area contributed by atoms with Crippen LogP contribution in [0.1, 0.15) is 40.3 Å². The van der Waals surface area contributed by atoms with Gasteiger partial charge in [0.25, 0.3) is 0 Å². The van der Waals surface area contributed by atoms with Crippen molar-refractivity contribution in [1.29, 1.82) is 0 Å². The fourth-order valence-electron chi connectivity index (χ4n) is 2.49. The van der Waals surface area contributed by atoms with Gasteiger partial charge >= 0.3 is 7.12 Å². The van der Waals surface area contributed by atoms with E-state index < -0.39 is 18.3 Å². The van der Waals surface area contributed by atoms with Crippen LogP contribution in [-0.4, -0.2) is 50.7 Å². The molecule has 2 aromatic heterocycles. The van der Waals surface area contributed by atoms with Crippen LogP contribution in [0.2, 0.25) is 0 Å². The van der Waals surface area contributed by atoms with Gasteiger partial charge in [-0.25, -0.2) is 15.0 Å². The molecule has 8 nitrogen and oxygen atoms in total. The fraction of sp³-hybridized carbons (Fsp3) is 0.500. The largest absolute Gasteiger partial charge is 0.492 e. The number of aromatic amines is 1. The number of carbonyl (C=O) groups is 1. The number of H-pyrrole nitrogens is 1. The number of carbonyl (C=O) groups excluding carboxylic acids is 1. The number of nitrogens with zero attached hydrogens (tertiary/aromatic N) is 3. The maximum atomic E-state index is 11.4. The first kappa shape index (κ1) is 17.6. The summed E-state index contributed by atoms with van der Waals surface area (Å²) in [6.45, 7) is 9.72. The van der Waals surface area contributed by atoms with Crippen molar-refractivity contribution in [1.82, 2.24) is 25.3 Å². The van der Waals surface area contributed by atoms with E-state index in [0.29, 0.717) is 17.9 Å². The van der Waals surface area contributed by atoms with E-state index in [-0.39, 0.29) is 5.91 Å². The number of rotatable bonds is 4. The van der Waals surface area contributed by atoms with Gasteiger partial charge < -0.3 is 19.6 Å². The summed E-state index contributed by atoms with van der Waals surface area (Å²) in [4.78, 5) is 27.0. The molecule has 3 heterocycles. The lowest BCUT2D eigenvalue weighted by atomic mass is 9.77. The molecule has 25 heavy (non-hydrogen) atoms. The first-order valence-corrected chi connectivity index (χ1v) is 8.14. The summed E-state index contributed by atoms with van der Waals surface area (Å²) in [5.41, 5.74) is 1.79. The molecule has 0 spiro atoms. The van der Waals surface area contributed by atoms with Gasteiger partial charge in [0.15, 0.2) is 5.65 Å². The van der Waals surface area contributed by atoms with Crippen molar-refractivity contribution >= 4 is 30.3 Å². The lowest BCUT2D eigenvalue weighted by molar-refractivity contribution is -0.118. The van der Waals surface area contributed by atoms with Crippen LogP contribution < -0.4 is 5.32 Å². The topological polar surface area (TPSA) is 102 Å². The Morgan fingerprint density at radius 3 is 2.56 bits per heavy atom. The van der Waals surface area contributed by atoms with E-state index in [2.05, 4.69) is 25.3 Å². The zero-order valence-electron chi connectivity index (χ0n) is 15.1. The second kappa shape index (κ2) is 6.23. The van der Waals surface area contributed by atoms with Gasteiger partial charge in [0, 0.05) is 13.5 Å². The molecule has 3 rings (SSSR count). The standard InChI is InChI=1S/C16H22BN5O3/c1-10(23)18-7-11(17-24-15(2,3)16(4,5)25-17)6-12-13-14(21-8-19-12)22-9-20-13/h6,8-9H,7H2,1-5H3,(H,18,23)(H,19,20,21,22). The predicted molar refractivity (Wildman–Crippen MR) is 94.4 cm³/mol. The van der Waals surface area contributed by atoms with Gasteiger partial charge in [0.1, 0.15) is 11.8 Å². The normalized spacial score (nSPS) is 19.4. The third-order valence-corrected chi connectivity index (χ3v) is 4.67. The minimum Gasteiger partial charge on any atom is -0.400 e. The molecule has 132 valence electrons. The lowest BCUT2D eigenvalue weighted by Gasteiger charge is -2.32. The summed E-state index contributed by atoms with van der Waals surface area (Å²) in [6, 6.07) is 0. The highest BCUT2D eigenvalue weighted by molar-refractivity contribution is 6.56. The summed E-state index contributed by atoms with van der Waals surface area (Å²) in [6.07, 6.45) is 4.87. The minimum atomic E-state index is -0.579. The highest BCUT2D eigenvalue weighted by Gasteiger charge is 2.52. The molecule has 1 amide bonds. The van der Waals surface area contributed by atoms with Gasteiger partial charge in [0.05, 0.1) is 23.2 Å². The fourth-order valence-corrected chi connectivity index (χ4v) is 2.49. The number of fused-ring (bicyclic) bond motifs is 1. The molecule has 1 aliphatic rings. The van der Waals surface area contributed by atoms with E-state index in [1.54, 1.807) is 6.33 Å². The van der Waals surface area contributed by atoms with Crippen molar-refractivity contribution in [2.45, 2.75) is 45.8 Å². The van der Waals surface area contributed by atoms with Crippen molar-refractivity contribution in [3.63, 3.8) is 0 Å². The molecule has 0 unspecified atom stereocenters. The number of hydrogen-bond acceptors (Lipinski definition) is 6. The van der Waals surface area contributed by atoms with Gasteiger partial charge in [-0.05, 0) is 39.2 Å². The highest BCUT2D eigenvalue weighted by Crippen LogP contribution is 2.38. The SMILES string of the molecule is CC(=O)NCC(=Cc1ncnc2nc[nH]c12)B1OC(C)(C)C(C)(C)O1. The van der Waals surface area contributed by atoms with E-state index in [9.17, 15) is 4.79 Å². The Bertz CT molecular complexity index is 814. The summed E-state index contributed by atoms with van der Waals surface area (Å²) in [5.74, 6) is -0.128. The van der Waals surface area contributed by atoms with Crippen molar-refractivity contribution in [2.75, 3.05) is 6.54 Å². The maximum Gasteiger partial charge on any atom is 0.492 e. The Hall–Kier alpha value is -2.26.